The highest BCUT2D eigenvalue weighted by Crippen LogP contribution is 2.61. The number of rotatable bonds is 10. The lowest BCUT2D eigenvalue weighted by molar-refractivity contribution is -0.137. The van der Waals surface area contributed by atoms with Gasteiger partial charge >= 0.3 is 5.97 Å². The average Bonchev–Trinajstić information content (AvgIpc) is 3.59. The molecule has 1 heterocycles. The topological polar surface area (TPSA) is 138 Å². The number of methoxy groups -OCH3 is 1. The molecule has 1 spiro atoms. The minimum Gasteiger partial charge on any atom is -0.493 e. The quantitative estimate of drug-likeness (QED) is 0.434. The van der Waals surface area contributed by atoms with E-state index in [9.17, 15) is 19.6 Å². The lowest BCUT2D eigenvalue weighted by Gasteiger charge is -2.27. The number of hydrogen-bond donors (Lipinski definition) is 3. The van der Waals surface area contributed by atoms with Crippen molar-refractivity contribution in [1.29, 1.82) is 5.26 Å². The largest absolute Gasteiger partial charge is 0.493 e. The second kappa shape index (κ2) is 10.8. The SMILES string of the molecule is COCCNC(=O)c1ccc2c(c1)[C@]1(CCO2)C[C@H]1C(=O)Nc1cc(C#N)ccc1CCCC(=O)O. The second-order valence-electron chi connectivity index (χ2n) is 9.19. The van der Waals surface area contributed by atoms with E-state index in [4.69, 9.17) is 14.6 Å². The van der Waals surface area contributed by atoms with Gasteiger partial charge in [-0.1, -0.05) is 6.07 Å². The number of amides is 2. The Kier molecular flexibility index (Phi) is 7.55. The van der Waals surface area contributed by atoms with Crippen molar-refractivity contribution in [3.05, 3.63) is 58.7 Å². The Balaban J connectivity index is 1.52. The fourth-order valence-electron chi connectivity index (χ4n) is 4.89. The van der Waals surface area contributed by atoms with E-state index in [0.717, 1.165) is 11.1 Å². The van der Waals surface area contributed by atoms with Crippen molar-refractivity contribution in [2.24, 2.45) is 5.92 Å². The summed E-state index contributed by atoms with van der Waals surface area (Å²) in [6.45, 7) is 1.30. The van der Waals surface area contributed by atoms with Crippen LogP contribution in [0.3, 0.4) is 0 Å². The molecule has 0 saturated heterocycles. The number of carbonyl (C=O) groups excluding carboxylic acids is 2. The van der Waals surface area contributed by atoms with E-state index in [1.807, 2.05) is 6.07 Å². The molecule has 2 aromatic carbocycles. The van der Waals surface area contributed by atoms with Gasteiger partial charge in [0.15, 0.2) is 0 Å². The second-order valence-corrected chi connectivity index (χ2v) is 9.19. The van der Waals surface area contributed by atoms with Crippen molar-refractivity contribution in [2.75, 3.05) is 32.2 Å². The molecule has 0 bridgehead atoms. The number of aliphatic carboxylic acids is 1. The summed E-state index contributed by atoms with van der Waals surface area (Å²) in [5.41, 5.74) is 2.70. The highest BCUT2D eigenvalue weighted by atomic mass is 16.5. The fourth-order valence-corrected chi connectivity index (χ4v) is 4.89. The van der Waals surface area contributed by atoms with Gasteiger partial charge in [-0.3, -0.25) is 14.4 Å². The zero-order valence-corrected chi connectivity index (χ0v) is 20.1. The summed E-state index contributed by atoms with van der Waals surface area (Å²) >= 11 is 0. The number of nitrogens with zero attached hydrogens (tertiary/aromatic N) is 1. The molecule has 36 heavy (non-hydrogen) atoms. The van der Waals surface area contributed by atoms with Gasteiger partial charge < -0.3 is 25.2 Å². The maximum absolute atomic E-state index is 13.4. The third-order valence-corrected chi connectivity index (χ3v) is 6.90. The number of benzene rings is 2. The van der Waals surface area contributed by atoms with E-state index >= 15 is 0 Å². The normalized spacial score (nSPS) is 19.5. The third kappa shape index (κ3) is 5.34. The number of anilines is 1. The smallest absolute Gasteiger partial charge is 0.303 e. The molecule has 1 fully saturated rings. The first-order chi connectivity index (χ1) is 17.4. The summed E-state index contributed by atoms with van der Waals surface area (Å²) in [5, 5.41) is 24.1. The molecule has 2 atom stereocenters. The van der Waals surface area contributed by atoms with Crippen LogP contribution in [0.1, 0.15) is 52.7 Å². The summed E-state index contributed by atoms with van der Waals surface area (Å²) < 4.78 is 10.8. The zero-order chi connectivity index (χ0) is 25.7. The highest BCUT2D eigenvalue weighted by molar-refractivity contribution is 5.98. The Hall–Kier alpha value is -3.90. The van der Waals surface area contributed by atoms with Gasteiger partial charge in [0.2, 0.25) is 5.91 Å². The molecule has 1 aliphatic heterocycles. The summed E-state index contributed by atoms with van der Waals surface area (Å²) in [5.74, 6) is -0.863. The molecule has 0 aromatic heterocycles. The van der Waals surface area contributed by atoms with Gasteiger partial charge in [0, 0.05) is 48.2 Å². The van der Waals surface area contributed by atoms with Gasteiger partial charge in [-0.15, -0.1) is 0 Å². The maximum atomic E-state index is 13.4. The van der Waals surface area contributed by atoms with Crippen molar-refractivity contribution < 1.29 is 29.0 Å². The Labute approximate surface area is 209 Å². The Morgan fingerprint density at radius 1 is 1.25 bits per heavy atom. The number of nitriles is 1. The fraction of sp³-hybridized carbons (Fsp3) is 0.407. The van der Waals surface area contributed by atoms with Crippen LogP contribution >= 0.6 is 0 Å². The molecular weight excluding hydrogens is 462 g/mol. The molecule has 2 amide bonds. The van der Waals surface area contributed by atoms with E-state index in [1.54, 1.807) is 37.4 Å². The van der Waals surface area contributed by atoms with Gasteiger partial charge in [0.05, 0.1) is 24.8 Å². The molecule has 4 rings (SSSR count). The van der Waals surface area contributed by atoms with Gasteiger partial charge in [-0.25, -0.2) is 0 Å². The summed E-state index contributed by atoms with van der Waals surface area (Å²) in [6.07, 6.45) is 2.23. The first kappa shape index (κ1) is 25.2. The lowest BCUT2D eigenvalue weighted by atomic mass is 9.86. The predicted octanol–water partition coefficient (Wildman–Crippen LogP) is 3.02. The number of aryl methyl sites for hydroxylation is 1. The molecular formula is C27H29N3O6. The first-order valence-electron chi connectivity index (χ1n) is 12.0. The molecule has 2 aromatic rings. The van der Waals surface area contributed by atoms with Crippen LogP contribution in [0.25, 0.3) is 0 Å². The molecule has 188 valence electrons. The van der Waals surface area contributed by atoms with Crippen LogP contribution < -0.4 is 15.4 Å². The predicted molar refractivity (Wildman–Crippen MR) is 131 cm³/mol. The Morgan fingerprint density at radius 2 is 2.08 bits per heavy atom. The first-order valence-corrected chi connectivity index (χ1v) is 12.0. The van der Waals surface area contributed by atoms with Gasteiger partial charge in [0.25, 0.3) is 5.91 Å². The van der Waals surface area contributed by atoms with Crippen LogP contribution in [0.5, 0.6) is 5.75 Å². The molecule has 1 saturated carbocycles. The molecule has 0 unspecified atom stereocenters. The molecule has 3 N–H and O–H groups in total. The number of carboxylic acid groups (broad SMARTS) is 1. The van der Waals surface area contributed by atoms with Crippen LogP contribution in [0.4, 0.5) is 5.69 Å². The number of fused-ring (bicyclic) bond motifs is 2. The van der Waals surface area contributed by atoms with E-state index in [-0.39, 0.29) is 24.2 Å². The highest BCUT2D eigenvalue weighted by Gasteiger charge is 2.61. The maximum Gasteiger partial charge on any atom is 0.303 e. The Bertz CT molecular complexity index is 1220. The van der Waals surface area contributed by atoms with E-state index in [2.05, 4.69) is 16.7 Å². The van der Waals surface area contributed by atoms with Crippen LogP contribution in [0.2, 0.25) is 0 Å². The standard InChI is InChI=1S/C27H29N3O6/c1-35-12-10-29-25(33)19-7-8-23-20(14-19)27(9-11-36-23)15-21(27)26(34)30-22-13-17(16-28)5-6-18(22)3-2-4-24(31)32/h5-8,13-14,21H,2-4,9-12,15H2,1H3,(H,29,33)(H,30,34)(H,31,32)/t21-,27-/m0/s1. The number of nitrogens with one attached hydrogen (secondary N) is 2. The third-order valence-electron chi connectivity index (χ3n) is 6.90. The number of hydrogen-bond acceptors (Lipinski definition) is 6. The van der Waals surface area contributed by atoms with E-state index in [1.165, 1.54) is 0 Å². The number of carbonyl (C=O) groups is 3. The molecule has 2 aliphatic rings. The van der Waals surface area contributed by atoms with Crippen LogP contribution in [-0.4, -0.2) is 49.8 Å². The monoisotopic (exact) mass is 491 g/mol. The van der Waals surface area contributed by atoms with Crippen molar-refractivity contribution in [1.82, 2.24) is 5.32 Å². The summed E-state index contributed by atoms with van der Waals surface area (Å²) in [6, 6.07) is 12.5. The molecule has 1 aliphatic carbocycles. The van der Waals surface area contributed by atoms with E-state index in [0.29, 0.717) is 68.0 Å². The van der Waals surface area contributed by atoms with Crippen molar-refractivity contribution in [2.45, 2.75) is 37.5 Å². The van der Waals surface area contributed by atoms with Crippen LogP contribution in [0.15, 0.2) is 36.4 Å². The van der Waals surface area contributed by atoms with Crippen molar-refractivity contribution in [3.8, 4) is 11.8 Å². The van der Waals surface area contributed by atoms with Gasteiger partial charge in [0.1, 0.15) is 5.75 Å². The van der Waals surface area contributed by atoms with Crippen LogP contribution in [0, 0.1) is 17.2 Å². The van der Waals surface area contributed by atoms with Gasteiger partial charge in [-0.05, 0) is 61.6 Å². The summed E-state index contributed by atoms with van der Waals surface area (Å²) in [7, 11) is 1.57. The zero-order valence-electron chi connectivity index (χ0n) is 20.1. The minimum absolute atomic E-state index is 0.0251. The number of ether oxygens (including phenoxy) is 2. The van der Waals surface area contributed by atoms with E-state index < -0.39 is 11.4 Å². The summed E-state index contributed by atoms with van der Waals surface area (Å²) in [4.78, 5) is 36.8. The molecule has 9 nitrogen and oxygen atoms in total. The van der Waals surface area contributed by atoms with Crippen LogP contribution in [-0.2, 0) is 26.2 Å². The molecule has 0 radical (unpaired) electrons. The number of carboxylic acids is 1. The van der Waals surface area contributed by atoms with Gasteiger partial charge in [-0.2, -0.15) is 5.26 Å². The minimum atomic E-state index is -0.876. The van der Waals surface area contributed by atoms with Crippen molar-refractivity contribution >= 4 is 23.5 Å². The van der Waals surface area contributed by atoms with Crippen molar-refractivity contribution in [3.63, 3.8) is 0 Å². The Morgan fingerprint density at radius 3 is 2.83 bits per heavy atom. The lowest BCUT2D eigenvalue weighted by Crippen LogP contribution is -2.29. The average molecular weight is 492 g/mol. The molecule has 9 heteroatoms.